The molecule has 0 bridgehead atoms. The van der Waals surface area contributed by atoms with Gasteiger partial charge in [0.15, 0.2) is 0 Å². The summed E-state index contributed by atoms with van der Waals surface area (Å²) >= 11 is 0. The second kappa shape index (κ2) is 5.42. The fourth-order valence-electron chi connectivity index (χ4n) is 2.58. The number of aromatic hydroxyl groups is 1. The van der Waals surface area contributed by atoms with Gasteiger partial charge in [0.1, 0.15) is 5.75 Å². The van der Waals surface area contributed by atoms with Gasteiger partial charge in [-0.1, -0.05) is 19.1 Å². The van der Waals surface area contributed by atoms with Crippen LogP contribution in [0, 0.1) is 11.8 Å². The summed E-state index contributed by atoms with van der Waals surface area (Å²) in [5.41, 5.74) is 1.04. The van der Waals surface area contributed by atoms with Crippen LogP contribution in [0.2, 0.25) is 0 Å². The normalized spacial score (nSPS) is 23.4. The molecule has 3 nitrogen and oxygen atoms in total. The topological polar surface area (TPSA) is 46.5 Å². The molecular weight excluding hydrogens is 228 g/mol. The van der Waals surface area contributed by atoms with Crippen molar-refractivity contribution >= 4 is 5.97 Å². The van der Waals surface area contributed by atoms with Gasteiger partial charge < -0.3 is 9.84 Å². The molecule has 2 rings (SSSR count). The first-order valence-corrected chi connectivity index (χ1v) is 6.56. The van der Waals surface area contributed by atoms with Gasteiger partial charge in [-0.05, 0) is 48.8 Å². The Hall–Kier alpha value is -1.51. The summed E-state index contributed by atoms with van der Waals surface area (Å²) in [6, 6.07) is 7.22. The third-order valence-electron chi connectivity index (χ3n) is 3.68. The number of esters is 1. The number of phenols is 1. The SMILES string of the molecule is CCOC(=O)C[C@H](c1cccc(O)c1)[C@@H]1C[C@@H]1C. The van der Waals surface area contributed by atoms with E-state index in [2.05, 4.69) is 6.92 Å². The first kappa shape index (κ1) is 12.9. The number of benzene rings is 1. The largest absolute Gasteiger partial charge is 0.508 e. The third kappa shape index (κ3) is 3.03. The Kier molecular flexibility index (Phi) is 3.90. The molecule has 18 heavy (non-hydrogen) atoms. The first-order chi connectivity index (χ1) is 8.61. The molecule has 98 valence electrons. The molecule has 0 aromatic heterocycles. The second-order valence-corrected chi connectivity index (χ2v) is 5.09. The average Bonchev–Trinajstić information content (AvgIpc) is 3.03. The maximum atomic E-state index is 11.7. The molecule has 1 aliphatic carbocycles. The molecule has 0 radical (unpaired) electrons. The highest BCUT2D eigenvalue weighted by molar-refractivity contribution is 5.70. The van der Waals surface area contributed by atoms with Gasteiger partial charge >= 0.3 is 5.97 Å². The van der Waals surface area contributed by atoms with E-state index in [1.807, 2.05) is 19.1 Å². The van der Waals surface area contributed by atoms with Crippen molar-refractivity contribution in [1.29, 1.82) is 0 Å². The predicted molar refractivity (Wildman–Crippen MR) is 69.4 cm³/mol. The summed E-state index contributed by atoms with van der Waals surface area (Å²) in [7, 11) is 0. The van der Waals surface area contributed by atoms with Crippen molar-refractivity contribution in [1.82, 2.24) is 0 Å². The minimum absolute atomic E-state index is 0.148. The molecule has 1 aromatic carbocycles. The molecule has 0 spiro atoms. The van der Waals surface area contributed by atoms with Gasteiger partial charge in [0.25, 0.3) is 0 Å². The van der Waals surface area contributed by atoms with Gasteiger partial charge in [-0.3, -0.25) is 4.79 Å². The molecule has 1 saturated carbocycles. The fraction of sp³-hybridized carbons (Fsp3) is 0.533. The van der Waals surface area contributed by atoms with Crippen molar-refractivity contribution in [3.05, 3.63) is 29.8 Å². The van der Waals surface area contributed by atoms with Crippen molar-refractivity contribution in [3.8, 4) is 5.75 Å². The summed E-state index contributed by atoms with van der Waals surface area (Å²) in [6.07, 6.45) is 1.56. The number of hydrogen-bond acceptors (Lipinski definition) is 3. The van der Waals surface area contributed by atoms with Crippen LogP contribution in [0.25, 0.3) is 0 Å². The molecule has 1 aliphatic rings. The van der Waals surface area contributed by atoms with Gasteiger partial charge in [-0.15, -0.1) is 0 Å². The van der Waals surface area contributed by atoms with Crippen LogP contribution in [-0.2, 0) is 9.53 Å². The van der Waals surface area contributed by atoms with Crippen LogP contribution in [0.15, 0.2) is 24.3 Å². The van der Waals surface area contributed by atoms with E-state index in [0.717, 1.165) is 12.0 Å². The summed E-state index contributed by atoms with van der Waals surface area (Å²) in [5.74, 6) is 1.48. The molecule has 3 atom stereocenters. The van der Waals surface area contributed by atoms with Crippen LogP contribution in [0.4, 0.5) is 0 Å². The monoisotopic (exact) mass is 248 g/mol. The van der Waals surface area contributed by atoms with E-state index < -0.39 is 0 Å². The Bertz CT molecular complexity index is 428. The Balaban J connectivity index is 2.13. The molecule has 1 aromatic rings. The molecule has 1 fully saturated rings. The molecule has 1 N–H and O–H groups in total. The lowest BCUT2D eigenvalue weighted by Gasteiger charge is -2.16. The van der Waals surface area contributed by atoms with Crippen LogP contribution in [0.3, 0.4) is 0 Å². The quantitative estimate of drug-likeness (QED) is 0.814. The Morgan fingerprint density at radius 1 is 1.56 bits per heavy atom. The molecule has 0 aliphatic heterocycles. The zero-order valence-corrected chi connectivity index (χ0v) is 10.9. The highest BCUT2D eigenvalue weighted by atomic mass is 16.5. The van der Waals surface area contributed by atoms with Crippen molar-refractivity contribution in [2.45, 2.75) is 32.6 Å². The van der Waals surface area contributed by atoms with E-state index in [-0.39, 0.29) is 17.6 Å². The minimum atomic E-state index is -0.148. The fourth-order valence-corrected chi connectivity index (χ4v) is 2.58. The van der Waals surface area contributed by atoms with E-state index in [1.165, 1.54) is 0 Å². The Morgan fingerprint density at radius 3 is 2.83 bits per heavy atom. The van der Waals surface area contributed by atoms with E-state index >= 15 is 0 Å². The van der Waals surface area contributed by atoms with Crippen molar-refractivity contribution in [2.75, 3.05) is 6.61 Å². The molecule has 3 heteroatoms. The Labute approximate surface area is 108 Å². The van der Waals surface area contributed by atoms with E-state index in [0.29, 0.717) is 24.9 Å². The maximum absolute atomic E-state index is 11.7. The van der Waals surface area contributed by atoms with Gasteiger partial charge in [-0.25, -0.2) is 0 Å². The summed E-state index contributed by atoms with van der Waals surface area (Å²) in [4.78, 5) is 11.7. The number of ether oxygens (including phenoxy) is 1. The van der Waals surface area contributed by atoms with Crippen LogP contribution in [-0.4, -0.2) is 17.7 Å². The second-order valence-electron chi connectivity index (χ2n) is 5.09. The standard InChI is InChI=1S/C15H20O3/c1-3-18-15(17)9-14(13-7-10(13)2)11-5-4-6-12(16)8-11/h4-6,8,10,13-14,16H,3,7,9H2,1-2H3/t10-,13+,14+/m0/s1. The number of rotatable bonds is 5. The zero-order valence-electron chi connectivity index (χ0n) is 10.9. The number of phenolic OH excluding ortho intramolecular Hbond substituents is 1. The van der Waals surface area contributed by atoms with Crippen molar-refractivity contribution in [2.24, 2.45) is 11.8 Å². The molecule has 0 amide bonds. The number of carbonyl (C=O) groups is 1. The van der Waals surface area contributed by atoms with Crippen LogP contribution >= 0.6 is 0 Å². The van der Waals surface area contributed by atoms with Crippen LogP contribution < -0.4 is 0 Å². The van der Waals surface area contributed by atoms with Gasteiger partial charge in [0.05, 0.1) is 13.0 Å². The van der Waals surface area contributed by atoms with Crippen molar-refractivity contribution in [3.63, 3.8) is 0 Å². The summed E-state index contributed by atoms with van der Waals surface area (Å²) in [6.45, 7) is 4.44. The summed E-state index contributed by atoms with van der Waals surface area (Å²) in [5, 5.41) is 9.55. The van der Waals surface area contributed by atoms with Crippen LogP contribution in [0.1, 0.15) is 38.2 Å². The average molecular weight is 248 g/mol. The lowest BCUT2D eigenvalue weighted by Crippen LogP contribution is -2.12. The van der Waals surface area contributed by atoms with Gasteiger partial charge in [-0.2, -0.15) is 0 Å². The lowest BCUT2D eigenvalue weighted by atomic mass is 9.90. The lowest BCUT2D eigenvalue weighted by molar-refractivity contribution is -0.143. The first-order valence-electron chi connectivity index (χ1n) is 6.56. The van der Waals surface area contributed by atoms with E-state index in [4.69, 9.17) is 4.74 Å². The van der Waals surface area contributed by atoms with E-state index in [9.17, 15) is 9.90 Å². The van der Waals surface area contributed by atoms with Gasteiger partial charge in [0, 0.05) is 0 Å². The third-order valence-corrected chi connectivity index (χ3v) is 3.68. The number of carbonyl (C=O) groups excluding carboxylic acids is 1. The smallest absolute Gasteiger partial charge is 0.306 e. The molecule has 0 saturated heterocycles. The summed E-state index contributed by atoms with van der Waals surface area (Å²) < 4.78 is 5.04. The molecule has 0 unspecified atom stereocenters. The van der Waals surface area contributed by atoms with Crippen molar-refractivity contribution < 1.29 is 14.6 Å². The minimum Gasteiger partial charge on any atom is -0.508 e. The van der Waals surface area contributed by atoms with E-state index in [1.54, 1.807) is 12.1 Å². The number of hydrogen-bond donors (Lipinski definition) is 1. The Morgan fingerprint density at radius 2 is 2.28 bits per heavy atom. The highest BCUT2D eigenvalue weighted by Crippen LogP contribution is 2.50. The van der Waals surface area contributed by atoms with Crippen LogP contribution in [0.5, 0.6) is 5.75 Å². The van der Waals surface area contributed by atoms with Gasteiger partial charge in [0.2, 0.25) is 0 Å². The molecular formula is C15H20O3. The predicted octanol–water partition coefficient (Wildman–Crippen LogP) is 3.09. The zero-order chi connectivity index (χ0) is 13.1. The highest BCUT2D eigenvalue weighted by Gasteiger charge is 2.41. The molecule has 0 heterocycles. The maximum Gasteiger partial charge on any atom is 0.306 e.